The zero-order chi connectivity index (χ0) is 12.1. The molecule has 0 aromatic rings. The Morgan fingerprint density at radius 2 is 2.19 bits per heavy atom. The summed E-state index contributed by atoms with van der Waals surface area (Å²) in [6, 6.07) is 0. The third kappa shape index (κ3) is 1.31. The number of ketones is 1. The van der Waals surface area contributed by atoms with Crippen LogP contribution < -0.4 is 0 Å². The Balaban J connectivity index is 2.28. The topological polar surface area (TPSA) is 54.4 Å². The van der Waals surface area contributed by atoms with Crippen LogP contribution in [0.4, 0.5) is 0 Å². The summed E-state index contributed by atoms with van der Waals surface area (Å²) < 4.78 is 0. The minimum absolute atomic E-state index is 0.0648. The Kier molecular flexibility index (Phi) is 2.69. The van der Waals surface area contributed by atoms with Crippen LogP contribution in [0.3, 0.4) is 0 Å². The van der Waals surface area contributed by atoms with Crippen LogP contribution in [-0.2, 0) is 9.59 Å². The number of fused-ring (bicyclic) bond motifs is 2. The molecule has 2 aliphatic carbocycles. The third-order valence-electron chi connectivity index (χ3n) is 5.04. The van der Waals surface area contributed by atoms with Gasteiger partial charge in [0, 0.05) is 11.8 Å². The van der Waals surface area contributed by atoms with Crippen molar-refractivity contribution in [2.24, 2.45) is 16.7 Å². The Hall–Kier alpha value is -0.380. The van der Waals surface area contributed by atoms with Crippen molar-refractivity contribution in [1.82, 2.24) is 0 Å². The molecule has 0 amide bonds. The molecule has 2 saturated carbocycles. The molecule has 0 spiro atoms. The molecule has 3 nitrogen and oxygen atoms in total. The Morgan fingerprint density at radius 1 is 1.56 bits per heavy atom. The molecule has 0 saturated heterocycles. The van der Waals surface area contributed by atoms with Crippen LogP contribution in [0.25, 0.3) is 0 Å². The predicted octanol–water partition coefficient (Wildman–Crippen LogP) is 2.62. The second kappa shape index (κ2) is 3.56. The van der Waals surface area contributed by atoms with Crippen LogP contribution in [-0.4, -0.2) is 21.7 Å². The fraction of sp³-hybridized carbons (Fsp3) is 0.833. The van der Waals surface area contributed by atoms with Gasteiger partial charge in [-0.25, -0.2) is 0 Å². The normalized spacial score (nSPS) is 46.3. The zero-order valence-corrected chi connectivity index (χ0v) is 11.2. The molecule has 2 rings (SSSR count). The van der Waals surface area contributed by atoms with Crippen LogP contribution >= 0.6 is 15.9 Å². The minimum atomic E-state index is -0.769. The summed E-state index contributed by atoms with van der Waals surface area (Å²) in [4.78, 5) is 22.8. The first kappa shape index (κ1) is 12.1. The van der Waals surface area contributed by atoms with Crippen molar-refractivity contribution in [2.45, 2.75) is 44.4 Å². The van der Waals surface area contributed by atoms with Crippen LogP contribution in [0.1, 0.15) is 39.5 Å². The maximum atomic E-state index is 12.2. The fourth-order valence-electron chi connectivity index (χ4n) is 3.65. The molecule has 2 aliphatic rings. The standard InChI is InChI=1S/C12H17BrO3/c1-11(6-4-8(14)15)7-3-5-12(11,2)10(16)9(7)13/h7,9H,3-6H2,1-2H3,(H,14,15). The molecule has 0 aromatic heterocycles. The van der Waals surface area contributed by atoms with Gasteiger partial charge in [0.25, 0.3) is 0 Å². The van der Waals surface area contributed by atoms with E-state index >= 15 is 0 Å². The quantitative estimate of drug-likeness (QED) is 0.813. The molecule has 2 bridgehead atoms. The number of carbonyl (C=O) groups excluding carboxylic acids is 1. The molecule has 4 unspecified atom stereocenters. The second-order valence-corrected chi connectivity index (χ2v) is 6.54. The lowest BCUT2D eigenvalue weighted by atomic mass is 9.66. The molecule has 16 heavy (non-hydrogen) atoms. The van der Waals surface area contributed by atoms with Gasteiger partial charge in [0.2, 0.25) is 0 Å². The van der Waals surface area contributed by atoms with Gasteiger partial charge in [0.15, 0.2) is 5.78 Å². The smallest absolute Gasteiger partial charge is 0.303 e. The summed E-state index contributed by atoms with van der Waals surface area (Å²) in [5.41, 5.74) is -0.460. The van der Waals surface area contributed by atoms with Gasteiger partial charge in [-0.1, -0.05) is 29.8 Å². The first-order valence-corrected chi connectivity index (χ1v) is 6.65. The lowest BCUT2D eigenvalue weighted by Crippen LogP contribution is -2.35. The summed E-state index contributed by atoms with van der Waals surface area (Å²) in [7, 11) is 0. The van der Waals surface area contributed by atoms with Crippen LogP contribution in [0.2, 0.25) is 0 Å². The highest BCUT2D eigenvalue weighted by Gasteiger charge is 2.67. The number of carboxylic acid groups (broad SMARTS) is 1. The van der Waals surface area contributed by atoms with E-state index in [2.05, 4.69) is 22.9 Å². The molecule has 0 aromatic carbocycles. The van der Waals surface area contributed by atoms with Gasteiger partial charge in [-0.15, -0.1) is 0 Å². The number of rotatable bonds is 3. The second-order valence-electron chi connectivity index (χ2n) is 5.55. The van der Waals surface area contributed by atoms with Crippen LogP contribution in [0.15, 0.2) is 0 Å². The van der Waals surface area contributed by atoms with E-state index in [1.165, 1.54) is 0 Å². The highest BCUT2D eigenvalue weighted by Crippen LogP contribution is 2.67. The van der Waals surface area contributed by atoms with E-state index in [9.17, 15) is 9.59 Å². The lowest BCUT2D eigenvalue weighted by molar-refractivity contribution is -0.139. The van der Waals surface area contributed by atoms with Crippen molar-refractivity contribution < 1.29 is 14.7 Å². The zero-order valence-electron chi connectivity index (χ0n) is 9.62. The van der Waals surface area contributed by atoms with Crippen molar-refractivity contribution in [3.05, 3.63) is 0 Å². The molecule has 1 N–H and O–H groups in total. The molecular weight excluding hydrogens is 272 g/mol. The van der Waals surface area contributed by atoms with Crippen molar-refractivity contribution >= 4 is 27.7 Å². The van der Waals surface area contributed by atoms with Crippen molar-refractivity contribution in [2.75, 3.05) is 0 Å². The van der Waals surface area contributed by atoms with Gasteiger partial charge in [0.05, 0.1) is 4.83 Å². The fourth-order valence-corrected chi connectivity index (χ4v) is 5.00. The molecule has 4 atom stereocenters. The summed E-state index contributed by atoms with van der Waals surface area (Å²) in [5, 5.41) is 8.80. The molecule has 4 heteroatoms. The first-order chi connectivity index (χ1) is 7.33. The highest BCUT2D eigenvalue weighted by atomic mass is 79.9. The van der Waals surface area contributed by atoms with E-state index in [0.717, 1.165) is 12.8 Å². The number of hydrogen-bond acceptors (Lipinski definition) is 2. The van der Waals surface area contributed by atoms with E-state index in [4.69, 9.17) is 5.11 Å². The van der Waals surface area contributed by atoms with Crippen molar-refractivity contribution in [3.8, 4) is 0 Å². The number of halogens is 1. The Labute approximate surface area is 104 Å². The van der Waals surface area contributed by atoms with Crippen molar-refractivity contribution in [3.63, 3.8) is 0 Å². The summed E-state index contributed by atoms with van der Waals surface area (Å²) in [5.74, 6) is -0.185. The average molecular weight is 289 g/mol. The average Bonchev–Trinajstić information content (AvgIpc) is 2.54. The molecule has 90 valence electrons. The number of hydrogen-bond donors (Lipinski definition) is 1. The van der Waals surface area contributed by atoms with Gasteiger partial charge in [-0.2, -0.15) is 0 Å². The van der Waals surface area contributed by atoms with Gasteiger partial charge >= 0.3 is 5.97 Å². The first-order valence-electron chi connectivity index (χ1n) is 5.73. The molecule has 0 radical (unpaired) electrons. The Bertz CT molecular complexity index is 354. The summed E-state index contributed by atoms with van der Waals surface area (Å²) in [6.45, 7) is 4.10. The molecule has 2 fully saturated rings. The number of alkyl halides is 1. The number of Topliss-reactive ketones (excluding diaryl/α,β-unsaturated/α-hetero) is 1. The SMILES string of the molecule is CC12CCC(C(Br)C1=O)C2(C)CCC(=O)O. The molecular formula is C12H17BrO3. The predicted molar refractivity (Wildman–Crippen MR) is 63.5 cm³/mol. The summed E-state index contributed by atoms with van der Waals surface area (Å²) in [6.07, 6.45) is 2.72. The van der Waals surface area contributed by atoms with E-state index < -0.39 is 5.97 Å². The molecule has 0 heterocycles. The van der Waals surface area contributed by atoms with Crippen LogP contribution in [0, 0.1) is 16.7 Å². The van der Waals surface area contributed by atoms with Gasteiger partial charge in [-0.05, 0) is 30.6 Å². The number of carbonyl (C=O) groups is 2. The van der Waals surface area contributed by atoms with Gasteiger partial charge < -0.3 is 5.11 Å². The minimum Gasteiger partial charge on any atom is -0.481 e. The van der Waals surface area contributed by atoms with Gasteiger partial charge in [-0.3, -0.25) is 9.59 Å². The maximum absolute atomic E-state index is 12.2. The highest BCUT2D eigenvalue weighted by molar-refractivity contribution is 9.10. The number of carboxylic acids is 1. The monoisotopic (exact) mass is 288 g/mol. The van der Waals surface area contributed by atoms with Crippen molar-refractivity contribution in [1.29, 1.82) is 0 Å². The summed E-state index contributed by atoms with van der Waals surface area (Å²) >= 11 is 3.48. The van der Waals surface area contributed by atoms with Gasteiger partial charge in [0.1, 0.15) is 0 Å². The number of aliphatic carboxylic acids is 1. The third-order valence-corrected chi connectivity index (χ3v) is 6.09. The van der Waals surface area contributed by atoms with E-state index in [-0.39, 0.29) is 27.9 Å². The largest absolute Gasteiger partial charge is 0.481 e. The lowest BCUT2D eigenvalue weighted by Gasteiger charge is -2.36. The van der Waals surface area contributed by atoms with E-state index in [1.807, 2.05) is 6.92 Å². The van der Waals surface area contributed by atoms with E-state index in [0.29, 0.717) is 12.3 Å². The Morgan fingerprint density at radius 3 is 2.62 bits per heavy atom. The molecule has 0 aliphatic heterocycles. The van der Waals surface area contributed by atoms with E-state index in [1.54, 1.807) is 0 Å². The van der Waals surface area contributed by atoms with Crippen LogP contribution in [0.5, 0.6) is 0 Å². The maximum Gasteiger partial charge on any atom is 0.303 e.